The van der Waals surface area contributed by atoms with E-state index < -0.39 is 48.0 Å². The van der Waals surface area contributed by atoms with Crippen LogP contribution in [0.15, 0.2) is 90.5 Å². The van der Waals surface area contributed by atoms with Crippen molar-refractivity contribution in [2.75, 3.05) is 16.9 Å². The van der Waals surface area contributed by atoms with Crippen LogP contribution in [-0.2, 0) is 19.2 Å². The summed E-state index contributed by atoms with van der Waals surface area (Å²) in [4.78, 5) is 51.9. The maximum absolute atomic E-state index is 14.4. The van der Waals surface area contributed by atoms with Gasteiger partial charge in [0, 0.05) is 23.2 Å². The summed E-state index contributed by atoms with van der Waals surface area (Å²) in [5, 5.41) is 26.0. The summed E-state index contributed by atoms with van der Waals surface area (Å²) in [5.74, 6) is -5.13. The van der Waals surface area contributed by atoms with Crippen LogP contribution in [-0.4, -0.2) is 40.9 Å². The molecule has 0 bridgehead atoms. The molecule has 2 aliphatic heterocycles. The number of fused-ring (bicyclic) bond motifs is 2. The lowest BCUT2D eigenvalue weighted by atomic mass is 9.85. The Kier molecular flexibility index (Phi) is 7.49. The molecule has 3 aromatic rings. The number of amides is 2. The Balaban J connectivity index is 1.63. The third-order valence-corrected chi connectivity index (χ3v) is 6.73. The molecule has 2 aliphatic rings. The van der Waals surface area contributed by atoms with Crippen molar-refractivity contribution in [2.45, 2.75) is 18.5 Å². The summed E-state index contributed by atoms with van der Waals surface area (Å²) in [6.07, 6.45) is -0.926. The first-order valence-corrected chi connectivity index (χ1v) is 12.8. The van der Waals surface area contributed by atoms with Crippen molar-refractivity contribution in [1.82, 2.24) is 10.7 Å². The number of Topliss-reactive ketones (excluding diaryl/α,β-unsaturated/α-hetero) is 1. The molecule has 3 aromatic carbocycles. The van der Waals surface area contributed by atoms with Crippen LogP contribution in [0.4, 0.5) is 11.4 Å². The molecule has 11 nitrogen and oxygen atoms in total. The van der Waals surface area contributed by atoms with Gasteiger partial charge in [0.05, 0.1) is 23.9 Å². The summed E-state index contributed by atoms with van der Waals surface area (Å²) in [5.41, 5.74) is 3.33. The SMILES string of the molecule is N#CC(C(=O)Nc1ccccc1)C(=O)C1(NC(=O)CCC(=O)O)NN(c2ccccc2)C2=C1COc1ccccc12. The van der Waals surface area contributed by atoms with Gasteiger partial charge in [-0.05, 0) is 36.4 Å². The molecule has 2 atom stereocenters. The topological polar surface area (TPSA) is 161 Å². The van der Waals surface area contributed by atoms with E-state index in [0.717, 1.165) is 0 Å². The largest absolute Gasteiger partial charge is 0.488 e. The van der Waals surface area contributed by atoms with Gasteiger partial charge in [0.15, 0.2) is 11.6 Å². The van der Waals surface area contributed by atoms with Crippen LogP contribution in [0.2, 0.25) is 0 Å². The van der Waals surface area contributed by atoms with Crippen molar-refractivity contribution >= 4 is 40.6 Å². The monoisotopic (exact) mass is 551 g/mol. The van der Waals surface area contributed by atoms with Gasteiger partial charge in [0.25, 0.3) is 0 Å². The fourth-order valence-corrected chi connectivity index (χ4v) is 4.82. The molecule has 206 valence electrons. The van der Waals surface area contributed by atoms with Crippen molar-refractivity contribution < 1.29 is 29.0 Å². The Hall–Kier alpha value is -5.47. The molecule has 0 aliphatic carbocycles. The van der Waals surface area contributed by atoms with Gasteiger partial charge in [-0.25, -0.2) is 0 Å². The summed E-state index contributed by atoms with van der Waals surface area (Å²) < 4.78 is 5.97. The Morgan fingerprint density at radius 2 is 1.63 bits per heavy atom. The molecule has 0 saturated heterocycles. The van der Waals surface area contributed by atoms with Gasteiger partial charge in [-0.15, -0.1) is 0 Å². The molecule has 0 saturated carbocycles. The van der Waals surface area contributed by atoms with E-state index in [1.807, 2.05) is 6.07 Å². The standard InChI is InChI=1S/C30H25N5O6/c31-17-22(29(40)32-19-9-3-1-4-10-19)28(39)30(33-25(36)15-16-26(37)38)23-18-41-24-14-8-7-13-21(24)27(23)35(34-30)20-11-5-2-6-12-20/h1-14,22,34H,15-16,18H2,(H,32,40)(H,33,36)(H,37,38). The molecule has 0 radical (unpaired) electrons. The summed E-state index contributed by atoms with van der Waals surface area (Å²) >= 11 is 0. The van der Waals surface area contributed by atoms with E-state index in [4.69, 9.17) is 9.84 Å². The fraction of sp³-hybridized carbons (Fsp3) is 0.167. The maximum atomic E-state index is 14.4. The second kappa shape index (κ2) is 11.3. The van der Waals surface area contributed by atoms with Crippen LogP contribution >= 0.6 is 0 Å². The van der Waals surface area contributed by atoms with Gasteiger partial charge in [-0.2, -0.15) is 10.7 Å². The number of hydrazine groups is 1. The normalized spacial score (nSPS) is 17.8. The van der Waals surface area contributed by atoms with Crippen molar-refractivity contribution in [1.29, 1.82) is 5.26 Å². The Morgan fingerprint density at radius 1 is 0.976 bits per heavy atom. The van der Waals surface area contributed by atoms with Gasteiger partial charge in [0.2, 0.25) is 17.6 Å². The number of anilines is 2. The minimum Gasteiger partial charge on any atom is -0.488 e. The second-order valence-corrected chi connectivity index (χ2v) is 9.37. The molecule has 11 heteroatoms. The summed E-state index contributed by atoms with van der Waals surface area (Å²) in [6.45, 7) is -0.161. The first kappa shape index (κ1) is 27.1. The number of ketones is 1. The molecule has 0 fully saturated rings. The highest BCUT2D eigenvalue weighted by Gasteiger charge is 2.56. The van der Waals surface area contributed by atoms with Crippen LogP contribution in [0, 0.1) is 17.2 Å². The lowest BCUT2D eigenvalue weighted by molar-refractivity contribution is -0.139. The predicted octanol–water partition coefficient (Wildman–Crippen LogP) is 2.84. The number of benzene rings is 3. The quantitative estimate of drug-likeness (QED) is 0.293. The first-order chi connectivity index (χ1) is 19.8. The number of para-hydroxylation sites is 3. The zero-order valence-electron chi connectivity index (χ0n) is 21.7. The Morgan fingerprint density at radius 3 is 2.32 bits per heavy atom. The van der Waals surface area contributed by atoms with Crippen molar-refractivity contribution in [2.24, 2.45) is 5.92 Å². The molecule has 0 spiro atoms. The van der Waals surface area contributed by atoms with Gasteiger partial charge < -0.3 is 20.5 Å². The highest BCUT2D eigenvalue weighted by atomic mass is 16.5. The predicted molar refractivity (Wildman–Crippen MR) is 148 cm³/mol. The zero-order chi connectivity index (χ0) is 29.0. The Bertz CT molecular complexity index is 1580. The van der Waals surface area contributed by atoms with E-state index in [-0.39, 0.29) is 12.2 Å². The van der Waals surface area contributed by atoms with E-state index in [1.54, 1.807) is 89.9 Å². The molecule has 5 rings (SSSR count). The van der Waals surface area contributed by atoms with Crippen LogP contribution in [0.25, 0.3) is 5.70 Å². The molecule has 2 amide bonds. The van der Waals surface area contributed by atoms with Crippen molar-refractivity contribution in [3.8, 4) is 11.8 Å². The molecular formula is C30H25N5O6. The molecular weight excluding hydrogens is 526 g/mol. The van der Waals surface area contributed by atoms with Crippen molar-refractivity contribution in [3.05, 3.63) is 96.1 Å². The number of nitrogens with zero attached hydrogens (tertiary/aromatic N) is 2. The van der Waals surface area contributed by atoms with E-state index >= 15 is 0 Å². The molecule has 0 aromatic heterocycles. The van der Waals surface area contributed by atoms with Crippen LogP contribution < -0.4 is 25.8 Å². The molecule has 41 heavy (non-hydrogen) atoms. The third-order valence-electron chi connectivity index (χ3n) is 6.73. The highest BCUT2D eigenvalue weighted by Crippen LogP contribution is 2.45. The summed E-state index contributed by atoms with van der Waals surface area (Å²) in [7, 11) is 0. The lowest BCUT2D eigenvalue weighted by Crippen LogP contribution is -2.67. The number of nitrogens with one attached hydrogen (secondary N) is 3. The van der Waals surface area contributed by atoms with E-state index in [0.29, 0.717) is 28.4 Å². The minimum atomic E-state index is -2.11. The highest BCUT2D eigenvalue weighted by molar-refractivity contribution is 6.16. The fourth-order valence-electron chi connectivity index (χ4n) is 4.82. The lowest BCUT2D eigenvalue weighted by Gasteiger charge is -2.34. The van der Waals surface area contributed by atoms with E-state index in [9.17, 15) is 24.4 Å². The number of hydrogen-bond donors (Lipinski definition) is 4. The molecule has 4 N–H and O–H groups in total. The number of nitriles is 1. The number of carboxylic acid groups (broad SMARTS) is 1. The number of carbonyl (C=O) groups excluding carboxylic acids is 3. The number of carboxylic acids is 1. The number of hydrogen-bond acceptors (Lipinski definition) is 8. The second-order valence-electron chi connectivity index (χ2n) is 9.37. The van der Waals surface area contributed by atoms with E-state index in [2.05, 4.69) is 16.1 Å². The zero-order valence-corrected chi connectivity index (χ0v) is 21.7. The number of carbonyl (C=O) groups is 4. The van der Waals surface area contributed by atoms with E-state index in [1.165, 1.54) is 0 Å². The molecule has 2 unspecified atom stereocenters. The maximum Gasteiger partial charge on any atom is 0.303 e. The average Bonchev–Trinajstić information content (AvgIpc) is 3.33. The number of rotatable bonds is 9. The first-order valence-electron chi connectivity index (χ1n) is 12.8. The van der Waals surface area contributed by atoms with Crippen LogP contribution in [0.3, 0.4) is 0 Å². The number of aliphatic carboxylic acids is 1. The number of ether oxygens (including phenoxy) is 1. The van der Waals surface area contributed by atoms with Gasteiger partial charge in [-0.3, -0.25) is 24.2 Å². The smallest absolute Gasteiger partial charge is 0.303 e. The third kappa shape index (κ3) is 5.24. The van der Waals surface area contributed by atoms with Crippen molar-refractivity contribution in [3.63, 3.8) is 0 Å². The Labute approximate surface area is 235 Å². The molecule has 2 heterocycles. The summed E-state index contributed by atoms with van der Waals surface area (Å²) in [6, 6.07) is 26.2. The average molecular weight is 552 g/mol. The van der Waals surface area contributed by atoms with Crippen LogP contribution in [0.5, 0.6) is 5.75 Å². The van der Waals surface area contributed by atoms with Gasteiger partial charge >= 0.3 is 5.97 Å². The minimum absolute atomic E-state index is 0.161. The van der Waals surface area contributed by atoms with Gasteiger partial charge in [-0.1, -0.05) is 48.5 Å². The van der Waals surface area contributed by atoms with Crippen LogP contribution in [0.1, 0.15) is 18.4 Å². The van der Waals surface area contributed by atoms with Gasteiger partial charge in [0.1, 0.15) is 12.4 Å².